The fourth-order valence-corrected chi connectivity index (χ4v) is 0. The molecule has 0 spiro atoms. The summed E-state index contributed by atoms with van der Waals surface area (Å²) in [6.07, 6.45) is 0. The smallest absolute Gasteiger partial charge is 0.154 e. The second kappa shape index (κ2) is 3.02. The predicted octanol–water partition coefficient (Wildman–Crippen LogP) is 0.0336. The third kappa shape index (κ3) is 2.02. The molecule has 3 heteroatoms. The van der Waals surface area contributed by atoms with E-state index in [0.717, 1.165) is 0 Å². The van der Waals surface area contributed by atoms with Gasteiger partial charge in [0.15, 0.2) is 11.3 Å². The molecule has 0 aromatic carbocycles. The molecule has 1 nitrogen and oxygen atoms in total. The van der Waals surface area contributed by atoms with Gasteiger partial charge >= 0.3 is 0 Å². The number of hydrogen-bond acceptors (Lipinski definition) is 2. The molecule has 0 saturated carbocycles. The molecular formula is COS2. The van der Waals surface area contributed by atoms with E-state index in [-0.39, 0.29) is 11.3 Å². The minimum Gasteiger partial charge on any atom is -0.202 e. The van der Waals surface area contributed by atoms with Crippen LogP contribution in [0.4, 0.5) is 0 Å². The van der Waals surface area contributed by atoms with E-state index in [0.29, 0.717) is 0 Å². The van der Waals surface area contributed by atoms with Crippen LogP contribution in [0.5, 0.6) is 0 Å². The first-order valence-electron chi connectivity index (χ1n) is 0.575. The molecule has 0 aliphatic carbocycles. The first-order valence-corrected chi connectivity index (χ1v) is 1.72. The van der Waals surface area contributed by atoms with Gasteiger partial charge in [-0.1, -0.05) is 0 Å². The highest BCUT2D eigenvalue weighted by molar-refractivity contribution is 7.88. The van der Waals surface area contributed by atoms with Crippen molar-refractivity contribution in [1.29, 1.82) is 0 Å². The molecule has 0 saturated heterocycles. The molecular weight excluding hydrogens is 92.1 g/mol. The minimum absolute atomic E-state index is 0.171. The van der Waals surface area contributed by atoms with E-state index in [1.165, 1.54) is 0 Å². The topological polar surface area (TPSA) is 17.1 Å². The lowest BCUT2D eigenvalue weighted by molar-refractivity contribution is 0.701. The Bertz CT molecular complexity index is 56.1. The van der Waals surface area contributed by atoms with Gasteiger partial charge in [0, 0.05) is 0 Å². The van der Waals surface area contributed by atoms with Gasteiger partial charge in [0.05, 0.1) is 4.31 Å². The number of thiocarbonyl (C=S) groups is 1. The van der Waals surface area contributed by atoms with Gasteiger partial charge in [0.1, 0.15) is 0 Å². The number of hydrogen-bond donors (Lipinski definition) is 0. The van der Waals surface area contributed by atoms with Crippen LogP contribution in [0.3, 0.4) is 0 Å². The third-order valence-corrected chi connectivity index (χ3v) is 0.306. The maximum atomic E-state index is 9.00. The molecule has 0 fully saturated rings. The molecule has 0 aromatic heterocycles. The van der Waals surface area contributed by atoms with E-state index in [1.807, 2.05) is 4.31 Å². The van der Waals surface area contributed by atoms with Crippen LogP contribution in [-0.4, -0.2) is 8.52 Å². The molecule has 0 unspecified atom stereocenters. The highest BCUT2D eigenvalue weighted by Gasteiger charge is 1.20. The van der Waals surface area contributed by atoms with Crippen LogP contribution in [0.25, 0.3) is 0 Å². The normalized spacial score (nSPS) is 4.00. The van der Waals surface area contributed by atoms with Crippen LogP contribution in [0.1, 0.15) is 0 Å². The summed E-state index contributed by atoms with van der Waals surface area (Å²) in [7, 11) is 0. The van der Waals surface area contributed by atoms with Gasteiger partial charge in [-0.25, -0.2) is 4.21 Å². The summed E-state index contributed by atoms with van der Waals surface area (Å²) in [6, 6.07) is 0. The van der Waals surface area contributed by atoms with E-state index in [4.69, 9.17) is 4.21 Å². The Labute approximate surface area is 32.7 Å². The van der Waals surface area contributed by atoms with Crippen molar-refractivity contribution >= 4 is 27.8 Å². The van der Waals surface area contributed by atoms with Crippen LogP contribution >= 0.6 is 12.2 Å². The monoisotopic (exact) mass is 91.9 g/mol. The summed E-state index contributed by atoms with van der Waals surface area (Å²) in [5, 5.41) is 0. The average Bonchev–Trinajstić information content (AvgIpc) is 1.37. The first-order chi connectivity index (χ1) is 1.91. The Kier molecular flexibility index (Phi) is 3.04. The van der Waals surface area contributed by atoms with Crippen molar-refractivity contribution in [2.75, 3.05) is 0 Å². The van der Waals surface area contributed by atoms with Gasteiger partial charge < -0.3 is 0 Å². The van der Waals surface area contributed by atoms with Gasteiger partial charge in [-0.3, -0.25) is 0 Å². The lowest BCUT2D eigenvalue weighted by Crippen LogP contribution is -1.25. The maximum absolute atomic E-state index is 9.00. The molecule has 0 aliphatic heterocycles. The first kappa shape index (κ1) is 4.02. The minimum atomic E-state index is 0.171. The summed E-state index contributed by atoms with van der Waals surface area (Å²) < 4.78 is 10.9. The largest absolute Gasteiger partial charge is 0.202 e. The summed E-state index contributed by atoms with van der Waals surface area (Å²) in [5.41, 5.74) is 0. The molecule has 0 bridgehead atoms. The molecule has 4 heavy (non-hydrogen) atoms. The Morgan fingerprint density at radius 2 is 2.25 bits per heavy atom. The summed E-state index contributed by atoms with van der Waals surface area (Å²) in [5.74, 6) is 0. The second-order valence-electron chi connectivity index (χ2n) is 0.167. The van der Waals surface area contributed by atoms with Gasteiger partial charge in [-0.2, -0.15) is 0 Å². The van der Waals surface area contributed by atoms with Gasteiger partial charge in [0.25, 0.3) is 0 Å². The summed E-state index contributed by atoms with van der Waals surface area (Å²) in [4.78, 5) is 0. The van der Waals surface area contributed by atoms with Crippen LogP contribution in [0, 0.1) is 0 Å². The fraction of sp³-hybridized carbons (Fsp3) is 0. The Morgan fingerprint density at radius 1 is 2.00 bits per heavy atom. The number of rotatable bonds is 0. The van der Waals surface area contributed by atoms with Gasteiger partial charge in [-0.05, 0) is 12.2 Å². The van der Waals surface area contributed by atoms with Crippen LogP contribution in [-0.2, 0) is 11.3 Å². The van der Waals surface area contributed by atoms with E-state index >= 15 is 0 Å². The summed E-state index contributed by atoms with van der Waals surface area (Å²) >= 11 is 4.12. The van der Waals surface area contributed by atoms with Crippen LogP contribution in [0.2, 0.25) is 0 Å². The molecule has 22 valence electrons. The van der Waals surface area contributed by atoms with Crippen molar-refractivity contribution in [1.82, 2.24) is 0 Å². The second-order valence-corrected chi connectivity index (χ2v) is 1.000. The SMILES string of the molecule is O=S=C=S. The van der Waals surface area contributed by atoms with Crippen LogP contribution < -0.4 is 0 Å². The van der Waals surface area contributed by atoms with Crippen molar-refractivity contribution in [2.45, 2.75) is 0 Å². The lowest BCUT2D eigenvalue weighted by Gasteiger charge is -1.10. The van der Waals surface area contributed by atoms with Gasteiger partial charge in [0.2, 0.25) is 0 Å². The lowest BCUT2D eigenvalue weighted by atomic mass is 12.0. The van der Waals surface area contributed by atoms with Crippen molar-refractivity contribution in [3.05, 3.63) is 0 Å². The fourth-order valence-electron chi connectivity index (χ4n) is 0. The van der Waals surface area contributed by atoms with E-state index in [1.54, 1.807) is 0 Å². The standard InChI is InChI=1S/COS2/c2-4-1-3. The molecule has 0 heterocycles. The Morgan fingerprint density at radius 3 is 2.25 bits per heavy atom. The zero-order valence-corrected chi connectivity index (χ0v) is 3.36. The van der Waals surface area contributed by atoms with Crippen LogP contribution in [0.15, 0.2) is 0 Å². The highest BCUT2D eigenvalue weighted by Crippen LogP contribution is 1.20. The zero-order chi connectivity index (χ0) is 3.41. The Balaban J connectivity index is 3.95. The molecule has 0 aromatic rings. The zero-order valence-electron chi connectivity index (χ0n) is 1.72. The van der Waals surface area contributed by atoms with E-state index in [2.05, 4.69) is 12.2 Å². The molecule has 0 radical (unpaired) electrons. The molecule has 0 rings (SSSR count). The Hall–Kier alpha value is 0.0200. The summed E-state index contributed by atoms with van der Waals surface area (Å²) in [6.45, 7) is 0. The molecule has 0 atom stereocenters. The maximum Gasteiger partial charge on any atom is 0.154 e. The predicted molar refractivity (Wildman–Crippen MR) is 20.7 cm³/mol. The van der Waals surface area contributed by atoms with Crippen molar-refractivity contribution in [3.8, 4) is 0 Å². The van der Waals surface area contributed by atoms with E-state index in [9.17, 15) is 0 Å². The molecule has 0 N–H and O–H groups in total. The van der Waals surface area contributed by atoms with Crippen molar-refractivity contribution in [3.63, 3.8) is 0 Å². The van der Waals surface area contributed by atoms with E-state index < -0.39 is 0 Å². The average molecular weight is 92.1 g/mol. The van der Waals surface area contributed by atoms with Gasteiger partial charge in [-0.15, -0.1) is 0 Å². The molecule has 0 aliphatic rings. The van der Waals surface area contributed by atoms with Crippen molar-refractivity contribution < 1.29 is 4.21 Å². The molecule has 0 amide bonds. The third-order valence-electron chi connectivity index (χ3n) is 0.0340. The van der Waals surface area contributed by atoms with Crippen molar-refractivity contribution in [2.24, 2.45) is 0 Å². The quantitative estimate of drug-likeness (QED) is 0.392. The highest BCUT2D eigenvalue weighted by atomic mass is 32.1.